The fourth-order valence-electron chi connectivity index (χ4n) is 3.30. The highest BCUT2D eigenvalue weighted by Gasteiger charge is 2.33. The molecule has 1 N–H and O–H groups in total. The van der Waals surface area contributed by atoms with E-state index in [1.54, 1.807) is 14.2 Å². The summed E-state index contributed by atoms with van der Waals surface area (Å²) in [6.45, 7) is 4.49. The number of nitrogens with one attached hydrogen (secondary N) is 1. The second kappa shape index (κ2) is 11.2. The minimum atomic E-state index is -4.40. The van der Waals surface area contributed by atoms with Crippen molar-refractivity contribution in [1.82, 2.24) is 15.2 Å². The zero-order valence-electron chi connectivity index (χ0n) is 17.6. The summed E-state index contributed by atoms with van der Waals surface area (Å²) in [4.78, 5) is 10.4. The lowest BCUT2D eigenvalue weighted by molar-refractivity contribution is -0.140. The average Bonchev–Trinajstić information content (AvgIpc) is 3.21. The number of nitrogens with zero attached hydrogens (tertiary/aromatic N) is 3. The SMILES string of the molecule is CCNC(=NCCc1nc(C(F)(F)F)cs1)N1CCc2cc(OC)c(OC)cc2C1.I. The van der Waals surface area contributed by atoms with Gasteiger partial charge in [-0.2, -0.15) is 13.2 Å². The molecular formula is C20H26F3IN4O2S. The molecule has 0 saturated carbocycles. The zero-order chi connectivity index (χ0) is 21.7. The standard InChI is InChI=1S/C20H25F3N4O2S.HI/c1-4-24-19(25-7-5-18-26-17(12-30-18)20(21,22)23)27-8-6-13-9-15(28-2)16(29-3)10-14(13)11-27;/h9-10,12H,4-8,11H2,1-3H3,(H,24,25);1H. The minimum absolute atomic E-state index is 0. The van der Waals surface area contributed by atoms with Crippen LogP contribution >= 0.6 is 35.3 Å². The van der Waals surface area contributed by atoms with Crippen LogP contribution in [0.2, 0.25) is 0 Å². The maximum absolute atomic E-state index is 12.7. The van der Waals surface area contributed by atoms with Gasteiger partial charge < -0.3 is 19.7 Å². The van der Waals surface area contributed by atoms with Crippen molar-refractivity contribution in [3.05, 3.63) is 39.3 Å². The highest BCUT2D eigenvalue weighted by Crippen LogP contribution is 2.33. The number of benzene rings is 1. The molecule has 1 aromatic heterocycles. The molecule has 0 fully saturated rings. The number of aromatic nitrogens is 1. The molecule has 1 aromatic carbocycles. The van der Waals surface area contributed by atoms with E-state index in [0.29, 0.717) is 42.6 Å². The Morgan fingerprint density at radius 3 is 2.48 bits per heavy atom. The van der Waals surface area contributed by atoms with Gasteiger partial charge in [0, 0.05) is 38.0 Å². The molecule has 3 rings (SSSR count). The van der Waals surface area contributed by atoms with Gasteiger partial charge in [0.2, 0.25) is 0 Å². The van der Waals surface area contributed by atoms with Crippen LogP contribution in [0.15, 0.2) is 22.5 Å². The fourth-order valence-corrected chi connectivity index (χ4v) is 4.10. The lowest BCUT2D eigenvalue weighted by atomic mass is 9.99. The zero-order valence-corrected chi connectivity index (χ0v) is 20.7. The van der Waals surface area contributed by atoms with Gasteiger partial charge in [-0.3, -0.25) is 4.99 Å². The monoisotopic (exact) mass is 570 g/mol. The first-order chi connectivity index (χ1) is 14.4. The van der Waals surface area contributed by atoms with E-state index in [1.807, 2.05) is 19.1 Å². The van der Waals surface area contributed by atoms with Crippen LogP contribution in [0.3, 0.4) is 0 Å². The lowest BCUT2D eigenvalue weighted by Gasteiger charge is -2.32. The Morgan fingerprint density at radius 2 is 1.90 bits per heavy atom. The van der Waals surface area contributed by atoms with Crippen LogP contribution in [0.4, 0.5) is 13.2 Å². The van der Waals surface area contributed by atoms with Crippen molar-refractivity contribution in [1.29, 1.82) is 0 Å². The third kappa shape index (κ3) is 6.37. The number of guanidine groups is 1. The van der Waals surface area contributed by atoms with E-state index in [-0.39, 0.29) is 24.0 Å². The van der Waals surface area contributed by atoms with Crippen molar-refractivity contribution in [3.63, 3.8) is 0 Å². The molecule has 2 heterocycles. The summed E-state index contributed by atoms with van der Waals surface area (Å²) in [5, 5.41) is 4.76. The smallest absolute Gasteiger partial charge is 0.434 e. The van der Waals surface area contributed by atoms with Crippen LogP contribution in [-0.2, 0) is 25.6 Å². The van der Waals surface area contributed by atoms with Crippen molar-refractivity contribution in [2.24, 2.45) is 4.99 Å². The predicted molar refractivity (Wildman–Crippen MR) is 126 cm³/mol. The topological polar surface area (TPSA) is 59.0 Å². The maximum Gasteiger partial charge on any atom is 0.434 e. The summed E-state index contributed by atoms with van der Waals surface area (Å²) < 4.78 is 48.9. The quantitative estimate of drug-likeness (QED) is 0.318. The Labute approximate surface area is 200 Å². The number of thiazole rings is 1. The highest BCUT2D eigenvalue weighted by atomic mass is 127. The Kier molecular flexibility index (Phi) is 9.22. The number of hydrogen-bond acceptors (Lipinski definition) is 5. The van der Waals surface area contributed by atoms with Gasteiger partial charge in [-0.15, -0.1) is 35.3 Å². The summed E-state index contributed by atoms with van der Waals surface area (Å²) >= 11 is 1.02. The van der Waals surface area contributed by atoms with E-state index in [0.717, 1.165) is 41.2 Å². The summed E-state index contributed by atoms with van der Waals surface area (Å²) in [6, 6.07) is 3.99. The second-order valence-electron chi connectivity index (χ2n) is 6.76. The first-order valence-electron chi connectivity index (χ1n) is 9.64. The molecule has 0 amide bonds. The highest BCUT2D eigenvalue weighted by molar-refractivity contribution is 14.0. The summed E-state index contributed by atoms with van der Waals surface area (Å²) in [7, 11) is 3.23. The molecule has 0 aliphatic carbocycles. The largest absolute Gasteiger partial charge is 0.493 e. The number of fused-ring (bicyclic) bond motifs is 1. The van der Waals surface area contributed by atoms with E-state index in [9.17, 15) is 13.2 Å². The van der Waals surface area contributed by atoms with Crippen molar-refractivity contribution < 1.29 is 22.6 Å². The number of halogens is 4. The molecule has 0 atom stereocenters. The van der Waals surface area contributed by atoms with Crippen molar-refractivity contribution in [2.45, 2.75) is 32.5 Å². The lowest BCUT2D eigenvalue weighted by Crippen LogP contribution is -2.44. The normalized spacial score (nSPS) is 14.0. The van der Waals surface area contributed by atoms with Gasteiger partial charge in [0.1, 0.15) is 0 Å². The number of rotatable bonds is 6. The molecule has 0 radical (unpaired) electrons. The number of aliphatic imine (C=N–C) groups is 1. The van der Waals surface area contributed by atoms with Crippen molar-refractivity contribution >= 4 is 41.3 Å². The molecule has 31 heavy (non-hydrogen) atoms. The van der Waals surface area contributed by atoms with Gasteiger partial charge in [-0.25, -0.2) is 4.98 Å². The molecule has 0 saturated heterocycles. The number of hydrogen-bond donors (Lipinski definition) is 1. The van der Waals surface area contributed by atoms with Crippen molar-refractivity contribution in [2.75, 3.05) is 33.9 Å². The molecular weight excluding hydrogens is 544 g/mol. The number of methoxy groups -OCH3 is 2. The first kappa shape index (κ1) is 25.5. The van der Waals surface area contributed by atoms with Gasteiger partial charge in [0.25, 0.3) is 0 Å². The van der Waals surface area contributed by atoms with Gasteiger partial charge in [0.15, 0.2) is 23.2 Å². The fraction of sp³-hybridized carbons (Fsp3) is 0.500. The summed E-state index contributed by atoms with van der Waals surface area (Å²) in [6.07, 6.45) is -3.20. The number of ether oxygens (including phenoxy) is 2. The molecule has 0 unspecified atom stereocenters. The number of alkyl halides is 3. The van der Waals surface area contributed by atoms with Crippen LogP contribution in [0.5, 0.6) is 11.5 Å². The molecule has 172 valence electrons. The third-order valence-corrected chi connectivity index (χ3v) is 5.69. The molecule has 6 nitrogen and oxygen atoms in total. The van der Waals surface area contributed by atoms with Gasteiger partial charge in [-0.05, 0) is 36.6 Å². The van der Waals surface area contributed by atoms with E-state index in [4.69, 9.17) is 9.47 Å². The predicted octanol–water partition coefficient (Wildman–Crippen LogP) is 4.36. The van der Waals surface area contributed by atoms with E-state index >= 15 is 0 Å². The van der Waals surface area contributed by atoms with Gasteiger partial charge >= 0.3 is 6.18 Å². The molecule has 2 aromatic rings. The van der Waals surface area contributed by atoms with Crippen LogP contribution in [0, 0.1) is 0 Å². The summed E-state index contributed by atoms with van der Waals surface area (Å²) in [5.41, 5.74) is 1.51. The van der Waals surface area contributed by atoms with Gasteiger partial charge in [-0.1, -0.05) is 0 Å². The summed E-state index contributed by atoms with van der Waals surface area (Å²) in [5.74, 6) is 2.14. The third-order valence-electron chi connectivity index (χ3n) is 4.78. The minimum Gasteiger partial charge on any atom is -0.493 e. The molecule has 1 aliphatic rings. The van der Waals surface area contributed by atoms with Gasteiger partial charge in [0.05, 0.1) is 19.2 Å². The Bertz CT molecular complexity index is 905. The molecule has 0 bridgehead atoms. The van der Waals surface area contributed by atoms with Crippen LogP contribution in [0.25, 0.3) is 0 Å². The Morgan fingerprint density at radius 1 is 1.23 bits per heavy atom. The van der Waals surface area contributed by atoms with E-state index in [1.165, 1.54) is 5.56 Å². The van der Waals surface area contributed by atoms with Crippen molar-refractivity contribution in [3.8, 4) is 11.5 Å². The molecule has 0 spiro atoms. The Hall–Kier alpha value is -1.76. The van der Waals surface area contributed by atoms with Crippen LogP contribution in [0.1, 0.15) is 28.8 Å². The van der Waals surface area contributed by atoms with E-state index in [2.05, 4.69) is 20.2 Å². The van der Waals surface area contributed by atoms with E-state index < -0.39 is 11.9 Å². The Balaban J connectivity index is 0.00000341. The van der Waals surface area contributed by atoms with Crippen LogP contribution < -0.4 is 14.8 Å². The molecule has 1 aliphatic heterocycles. The first-order valence-corrected chi connectivity index (χ1v) is 10.5. The molecule has 11 heteroatoms. The van der Waals surface area contributed by atoms with Crippen LogP contribution in [-0.4, -0.2) is 49.7 Å². The second-order valence-corrected chi connectivity index (χ2v) is 7.70. The maximum atomic E-state index is 12.7. The average molecular weight is 570 g/mol.